The summed E-state index contributed by atoms with van der Waals surface area (Å²) >= 11 is 5.16. The van der Waals surface area contributed by atoms with Crippen molar-refractivity contribution in [2.75, 3.05) is 16.8 Å². The van der Waals surface area contributed by atoms with Gasteiger partial charge in [-0.3, -0.25) is 0 Å². The average Bonchev–Trinajstić information content (AvgIpc) is 3.05. The highest BCUT2D eigenvalue weighted by molar-refractivity contribution is 7.80. The largest absolute Gasteiger partial charge is 0.465 e. The lowest BCUT2D eigenvalue weighted by atomic mass is 10.0. The van der Waals surface area contributed by atoms with E-state index in [4.69, 9.17) is 16.6 Å². The highest BCUT2D eigenvalue weighted by atomic mass is 32.1. The average molecular weight is 413 g/mol. The smallest absolute Gasteiger partial charge is 0.433 e. The Kier molecular flexibility index (Phi) is 6.07. The van der Waals surface area contributed by atoms with E-state index in [0.29, 0.717) is 18.8 Å². The summed E-state index contributed by atoms with van der Waals surface area (Å²) in [6, 6.07) is 4.72. The quantitative estimate of drug-likeness (QED) is 0.726. The number of nitrogens with one attached hydrogen (secondary N) is 2. The number of anilines is 2. The predicted molar refractivity (Wildman–Crippen MR) is 104 cm³/mol. The van der Waals surface area contributed by atoms with Crippen molar-refractivity contribution in [3.05, 3.63) is 35.4 Å². The van der Waals surface area contributed by atoms with Gasteiger partial charge in [-0.1, -0.05) is 0 Å². The van der Waals surface area contributed by atoms with Gasteiger partial charge in [0.15, 0.2) is 10.8 Å². The van der Waals surface area contributed by atoms with E-state index in [-0.39, 0.29) is 22.9 Å². The molecule has 3 rings (SSSR count). The van der Waals surface area contributed by atoms with Gasteiger partial charge in [-0.25, -0.2) is 4.98 Å². The summed E-state index contributed by atoms with van der Waals surface area (Å²) in [7, 11) is 0. The lowest BCUT2D eigenvalue weighted by molar-refractivity contribution is -0.141. The first kappa shape index (κ1) is 20.4. The van der Waals surface area contributed by atoms with Gasteiger partial charge < -0.3 is 20.0 Å². The summed E-state index contributed by atoms with van der Waals surface area (Å²) in [5.74, 6) is 1.49. The monoisotopic (exact) mass is 413 g/mol. The zero-order chi connectivity index (χ0) is 20.3. The Morgan fingerprint density at radius 3 is 2.75 bits per heavy atom. The molecule has 2 aromatic rings. The number of alkyl halides is 3. The molecule has 2 N–H and O–H groups in total. The third kappa shape index (κ3) is 5.12. The molecular formula is C18H22F3N5OS. The number of thiocarbonyl (C=S) groups is 1. The lowest BCUT2D eigenvalue weighted by Gasteiger charge is -2.34. The van der Waals surface area contributed by atoms with E-state index in [1.807, 2.05) is 24.8 Å². The fourth-order valence-electron chi connectivity index (χ4n) is 3.11. The molecule has 6 nitrogen and oxygen atoms in total. The molecule has 3 heterocycles. The lowest BCUT2D eigenvalue weighted by Crippen LogP contribution is -2.38. The molecule has 0 unspecified atom stereocenters. The van der Waals surface area contributed by atoms with Crippen LogP contribution < -0.4 is 15.5 Å². The van der Waals surface area contributed by atoms with Gasteiger partial charge >= 0.3 is 6.18 Å². The Hall–Kier alpha value is -2.36. The van der Waals surface area contributed by atoms with Crippen LogP contribution >= 0.6 is 12.2 Å². The Balaban J connectivity index is 1.76. The minimum absolute atomic E-state index is 0.116. The minimum Gasteiger partial charge on any atom is -0.465 e. The van der Waals surface area contributed by atoms with Crippen molar-refractivity contribution in [3.63, 3.8) is 0 Å². The fourth-order valence-corrected chi connectivity index (χ4v) is 3.28. The first-order valence-electron chi connectivity index (χ1n) is 9.05. The number of furan rings is 1. The molecule has 28 heavy (non-hydrogen) atoms. The zero-order valence-electron chi connectivity index (χ0n) is 15.6. The molecule has 0 aliphatic carbocycles. The summed E-state index contributed by atoms with van der Waals surface area (Å²) in [6.45, 7) is 4.77. The highest BCUT2D eigenvalue weighted by Gasteiger charge is 2.35. The molecule has 2 aromatic heterocycles. The number of rotatable bonds is 4. The maximum Gasteiger partial charge on any atom is 0.433 e. The van der Waals surface area contributed by atoms with Crippen LogP contribution in [0.3, 0.4) is 0 Å². The van der Waals surface area contributed by atoms with E-state index in [1.54, 1.807) is 6.07 Å². The van der Waals surface area contributed by atoms with E-state index >= 15 is 0 Å². The molecule has 10 heteroatoms. The third-order valence-corrected chi connectivity index (χ3v) is 4.79. The van der Waals surface area contributed by atoms with Gasteiger partial charge in [0, 0.05) is 18.7 Å². The van der Waals surface area contributed by atoms with E-state index in [1.165, 1.54) is 0 Å². The van der Waals surface area contributed by atoms with Gasteiger partial charge in [0.05, 0.1) is 6.54 Å². The second-order valence-corrected chi connectivity index (χ2v) is 7.20. The molecule has 1 saturated heterocycles. The van der Waals surface area contributed by atoms with Crippen molar-refractivity contribution in [2.45, 2.75) is 51.9 Å². The van der Waals surface area contributed by atoms with E-state index in [2.05, 4.69) is 20.6 Å². The molecule has 0 aromatic carbocycles. The number of aryl methyl sites for hydroxylation is 1. The number of hydrogen-bond donors (Lipinski definition) is 2. The molecule has 0 bridgehead atoms. The molecule has 1 aliphatic rings. The molecule has 152 valence electrons. The fraction of sp³-hybridized carbons (Fsp3) is 0.500. The van der Waals surface area contributed by atoms with Crippen molar-refractivity contribution >= 4 is 29.1 Å². The second-order valence-electron chi connectivity index (χ2n) is 6.79. The van der Waals surface area contributed by atoms with Gasteiger partial charge in [-0.15, -0.1) is 0 Å². The summed E-state index contributed by atoms with van der Waals surface area (Å²) in [5, 5.41) is 5.65. The van der Waals surface area contributed by atoms with Gasteiger partial charge in [0.25, 0.3) is 0 Å². The number of hydrogen-bond acceptors (Lipinski definition) is 5. The number of nitrogens with zero attached hydrogens (tertiary/aromatic N) is 3. The Morgan fingerprint density at radius 2 is 2.11 bits per heavy atom. The Bertz CT molecular complexity index is 839. The van der Waals surface area contributed by atoms with Crippen LogP contribution in [0.5, 0.6) is 0 Å². The molecule has 0 amide bonds. The van der Waals surface area contributed by atoms with Gasteiger partial charge in [0.1, 0.15) is 17.3 Å². The summed E-state index contributed by atoms with van der Waals surface area (Å²) in [6.07, 6.45) is -1.69. The predicted octanol–water partition coefficient (Wildman–Crippen LogP) is 4.26. The second kappa shape index (κ2) is 8.34. The topological polar surface area (TPSA) is 66.2 Å². The van der Waals surface area contributed by atoms with E-state index < -0.39 is 11.9 Å². The summed E-state index contributed by atoms with van der Waals surface area (Å²) in [4.78, 5) is 9.75. The van der Waals surface area contributed by atoms with Crippen LogP contribution in [0, 0.1) is 6.92 Å². The van der Waals surface area contributed by atoms with Crippen molar-refractivity contribution in [1.29, 1.82) is 0 Å². The van der Waals surface area contributed by atoms with Crippen LogP contribution in [0.2, 0.25) is 0 Å². The Labute approximate surface area is 166 Å². The molecule has 0 saturated carbocycles. The molecule has 1 fully saturated rings. The van der Waals surface area contributed by atoms with Crippen LogP contribution in [0.25, 0.3) is 0 Å². The third-order valence-electron chi connectivity index (χ3n) is 4.54. The molecule has 0 radical (unpaired) electrons. The molecular weight excluding hydrogens is 391 g/mol. The van der Waals surface area contributed by atoms with Gasteiger partial charge in [-0.05, 0) is 57.5 Å². The SMILES string of the molecule is Cc1ccc(CNC(=S)Nc2nc(N3CCCC[C@H]3C)cc(C(F)(F)F)n2)o1. The first-order valence-corrected chi connectivity index (χ1v) is 9.46. The number of halogens is 3. The van der Waals surface area contributed by atoms with Crippen LogP contribution in [-0.2, 0) is 12.7 Å². The maximum atomic E-state index is 13.3. The van der Waals surface area contributed by atoms with Crippen LogP contribution in [-0.4, -0.2) is 27.7 Å². The normalized spacial score (nSPS) is 17.5. The number of aromatic nitrogens is 2. The Morgan fingerprint density at radius 1 is 1.32 bits per heavy atom. The van der Waals surface area contributed by atoms with Crippen molar-refractivity contribution < 1.29 is 17.6 Å². The molecule has 1 aliphatic heterocycles. The van der Waals surface area contributed by atoms with Crippen molar-refractivity contribution in [2.24, 2.45) is 0 Å². The van der Waals surface area contributed by atoms with E-state index in [0.717, 1.165) is 31.1 Å². The zero-order valence-corrected chi connectivity index (χ0v) is 16.5. The standard InChI is InChI=1S/C18H22F3N5OS/c1-11-5-3-4-8-26(11)15-9-14(18(19,20)21)23-16(24-15)25-17(28)22-10-13-7-6-12(2)27-13/h6-7,9,11H,3-5,8,10H2,1-2H3,(H2,22,23,24,25,28)/t11-/m1/s1. The van der Waals surface area contributed by atoms with Gasteiger partial charge in [0.2, 0.25) is 5.95 Å². The van der Waals surface area contributed by atoms with E-state index in [9.17, 15) is 13.2 Å². The minimum atomic E-state index is -4.58. The summed E-state index contributed by atoms with van der Waals surface area (Å²) < 4.78 is 45.4. The van der Waals surface area contributed by atoms with Crippen LogP contribution in [0.4, 0.5) is 24.9 Å². The van der Waals surface area contributed by atoms with Gasteiger partial charge in [-0.2, -0.15) is 18.2 Å². The molecule has 1 atom stereocenters. The van der Waals surface area contributed by atoms with Crippen molar-refractivity contribution in [3.8, 4) is 0 Å². The van der Waals surface area contributed by atoms with Crippen molar-refractivity contribution in [1.82, 2.24) is 15.3 Å². The molecule has 0 spiro atoms. The van der Waals surface area contributed by atoms with Crippen LogP contribution in [0.15, 0.2) is 22.6 Å². The summed E-state index contributed by atoms with van der Waals surface area (Å²) in [5.41, 5.74) is -0.998. The first-order chi connectivity index (χ1) is 13.2. The van der Waals surface area contributed by atoms with Crippen LogP contribution in [0.1, 0.15) is 43.4 Å². The maximum absolute atomic E-state index is 13.3. The highest BCUT2D eigenvalue weighted by Crippen LogP contribution is 2.32. The number of piperidine rings is 1.